The van der Waals surface area contributed by atoms with Gasteiger partial charge in [0.15, 0.2) is 6.10 Å². The van der Waals surface area contributed by atoms with Gasteiger partial charge in [-0.3, -0.25) is 0 Å². The molecule has 1 rings (SSSR count). The van der Waals surface area contributed by atoms with Crippen LogP contribution < -0.4 is 5.32 Å². The van der Waals surface area contributed by atoms with E-state index >= 15 is 0 Å². The van der Waals surface area contributed by atoms with Crippen molar-refractivity contribution in [3.63, 3.8) is 0 Å². The molecule has 0 aliphatic carbocycles. The summed E-state index contributed by atoms with van der Waals surface area (Å²) in [6.07, 6.45) is -5.35. The molecule has 1 heterocycles. The van der Waals surface area contributed by atoms with E-state index in [0.29, 0.717) is 13.0 Å². The summed E-state index contributed by atoms with van der Waals surface area (Å²) in [4.78, 5) is 0. The molecule has 1 saturated heterocycles. The Kier molecular flexibility index (Phi) is 2.87. The predicted molar refractivity (Wildman–Crippen MR) is 42.5 cm³/mol. The van der Waals surface area contributed by atoms with Crippen molar-refractivity contribution in [3.05, 3.63) is 0 Å². The second-order valence-electron chi connectivity index (χ2n) is 3.58. The Morgan fingerprint density at radius 1 is 1.54 bits per heavy atom. The average Bonchev–Trinajstić information content (AvgIpc) is 2.03. The molecule has 78 valence electrons. The lowest BCUT2D eigenvalue weighted by atomic mass is 10.0. The minimum Gasteiger partial charge on any atom is -0.360 e. The van der Waals surface area contributed by atoms with Crippen molar-refractivity contribution in [1.29, 1.82) is 0 Å². The normalized spacial score (nSPS) is 36.2. The highest BCUT2D eigenvalue weighted by Gasteiger charge is 2.46. The minimum absolute atomic E-state index is 0.140. The molecule has 0 aromatic heterocycles. The Morgan fingerprint density at radius 2 is 2.15 bits per heavy atom. The van der Waals surface area contributed by atoms with E-state index in [-0.39, 0.29) is 6.54 Å². The van der Waals surface area contributed by atoms with Crippen LogP contribution in [-0.4, -0.2) is 31.0 Å². The predicted octanol–water partition coefficient (Wildman–Crippen LogP) is 1.71. The zero-order chi connectivity index (χ0) is 10.1. The van der Waals surface area contributed by atoms with Crippen LogP contribution in [0, 0.1) is 0 Å². The summed E-state index contributed by atoms with van der Waals surface area (Å²) in [6.45, 7) is 3.85. The Balaban J connectivity index is 2.62. The molecular formula is C8H14F3NO. The van der Waals surface area contributed by atoms with Crippen LogP contribution in [0.5, 0.6) is 0 Å². The summed E-state index contributed by atoms with van der Waals surface area (Å²) < 4.78 is 41.8. The summed E-state index contributed by atoms with van der Waals surface area (Å²) >= 11 is 0. The number of hydrogen-bond donors (Lipinski definition) is 1. The third-order valence-electron chi connectivity index (χ3n) is 2.37. The number of alkyl halides is 3. The second-order valence-corrected chi connectivity index (χ2v) is 3.58. The fourth-order valence-electron chi connectivity index (χ4n) is 1.29. The molecule has 0 amide bonds. The smallest absolute Gasteiger partial charge is 0.360 e. The summed E-state index contributed by atoms with van der Waals surface area (Å²) in [5, 5.41) is 2.74. The van der Waals surface area contributed by atoms with Crippen LogP contribution in [0.3, 0.4) is 0 Å². The van der Waals surface area contributed by atoms with Gasteiger partial charge in [-0.2, -0.15) is 13.2 Å². The molecule has 0 radical (unpaired) electrons. The van der Waals surface area contributed by atoms with Gasteiger partial charge in [-0.25, -0.2) is 0 Å². The van der Waals surface area contributed by atoms with E-state index in [0.717, 1.165) is 0 Å². The zero-order valence-electron chi connectivity index (χ0n) is 7.74. The van der Waals surface area contributed by atoms with E-state index in [4.69, 9.17) is 4.74 Å². The number of halogens is 3. The summed E-state index contributed by atoms with van der Waals surface area (Å²) in [5.74, 6) is 0. The first-order valence-corrected chi connectivity index (χ1v) is 4.33. The van der Waals surface area contributed by atoms with Crippen LogP contribution >= 0.6 is 0 Å². The Bertz CT molecular complexity index is 183. The van der Waals surface area contributed by atoms with Crippen LogP contribution in [0.1, 0.15) is 20.3 Å². The number of nitrogens with one attached hydrogen (secondary N) is 1. The van der Waals surface area contributed by atoms with E-state index in [9.17, 15) is 13.2 Å². The third-order valence-corrected chi connectivity index (χ3v) is 2.37. The summed E-state index contributed by atoms with van der Waals surface area (Å²) in [6, 6.07) is 0. The zero-order valence-corrected chi connectivity index (χ0v) is 7.74. The number of ether oxygens (including phenoxy) is 1. The first-order valence-electron chi connectivity index (χ1n) is 4.33. The Hall–Kier alpha value is -0.290. The molecule has 0 spiro atoms. The van der Waals surface area contributed by atoms with Gasteiger partial charge in [0.1, 0.15) is 0 Å². The highest BCUT2D eigenvalue weighted by molar-refractivity contribution is 4.86. The maximum absolute atomic E-state index is 12.3. The molecule has 0 saturated carbocycles. The van der Waals surface area contributed by atoms with Crippen LogP contribution in [-0.2, 0) is 4.74 Å². The largest absolute Gasteiger partial charge is 0.415 e. The highest BCUT2D eigenvalue weighted by Crippen LogP contribution is 2.30. The van der Waals surface area contributed by atoms with Gasteiger partial charge in [0.25, 0.3) is 0 Å². The fourth-order valence-corrected chi connectivity index (χ4v) is 1.29. The van der Waals surface area contributed by atoms with E-state index < -0.39 is 17.9 Å². The third kappa shape index (κ3) is 2.57. The second kappa shape index (κ2) is 3.46. The van der Waals surface area contributed by atoms with E-state index in [1.54, 1.807) is 6.92 Å². The Morgan fingerprint density at radius 3 is 2.62 bits per heavy atom. The van der Waals surface area contributed by atoms with E-state index in [1.807, 2.05) is 6.92 Å². The quantitative estimate of drug-likeness (QED) is 0.690. The molecule has 1 aliphatic heterocycles. The topological polar surface area (TPSA) is 21.3 Å². The van der Waals surface area contributed by atoms with Crippen molar-refractivity contribution >= 4 is 0 Å². The SMILES string of the molecule is CCC1(C)CNCC(C(F)(F)F)O1. The van der Waals surface area contributed by atoms with Gasteiger partial charge >= 0.3 is 6.18 Å². The summed E-state index contributed by atoms with van der Waals surface area (Å²) in [5.41, 5.74) is -0.682. The van der Waals surface area contributed by atoms with Crippen LogP contribution in [0.15, 0.2) is 0 Å². The van der Waals surface area contributed by atoms with Gasteiger partial charge in [0.2, 0.25) is 0 Å². The maximum atomic E-state index is 12.3. The van der Waals surface area contributed by atoms with Crippen LogP contribution in [0.25, 0.3) is 0 Å². The molecule has 2 nitrogen and oxygen atoms in total. The Labute approximate surface area is 75.4 Å². The van der Waals surface area contributed by atoms with Crippen LogP contribution in [0.2, 0.25) is 0 Å². The van der Waals surface area contributed by atoms with Crippen molar-refractivity contribution in [2.45, 2.75) is 38.1 Å². The van der Waals surface area contributed by atoms with Gasteiger partial charge in [-0.1, -0.05) is 6.92 Å². The van der Waals surface area contributed by atoms with Gasteiger partial charge < -0.3 is 10.1 Å². The lowest BCUT2D eigenvalue weighted by Crippen LogP contribution is -2.56. The summed E-state index contributed by atoms with van der Waals surface area (Å²) in [7, 11) is 0. The minimum atomic E-state index is -4.26. The van der Waals surface area contributed by atoms with Crippen molar-refractivity contribution in [3.8, 4) is 0 Å². The van der Waals surface area contributed by atoms with E-state index in [2.05, 4.69) is 5.32 Å². The molecule has 0 aromatic carbocycles. The molecule has 13 heavy (non-hydrogen) atoms. The first-order chi connectivity index (χ1) is 5.87. The monoisotopic (exact) mass is 197 g/mol. The van der Waals surface area contributed by atoms with E-state index in [1.165, 1.54) is 0 Å². The lowest BCUT2D eigenvalue weighted by Gasteiger charge is -2.39. The van der Waals surface area contributed by atoms with Crippen molar-refractivity contribution in [1.82, 2.24) is 5.32 Å². The molecule has 1 N–H and O–H groups in total. The lowest BCUT2D eigenvalue weighted by molar-refractivity contribution is -0.259. The first kappa shape index (κ1) is 10.8. The molecule has 2 unspecified atom stereocenters. The van der Waals surface area contributed by atoms with Gasteiger partial charge in [-0.15, -0.1) is 0 Å². The van der Waals surface area contributed by atoms with Gasteiger partial charge in [0.05, 0.1) is 5.60 Å². The molecule has 1 fully saturated rings. The number of morpholine rings is 1. The van der Waals surface area contributed by atoms with Crippen molar-refractivity contribution in [2.75, 3.05) is 13.1 Å². The average molecular weight is 197 g/mol. The van der Waals surface area contributed by atoms with Gasteiger partial charge in [-0.05, 0) is 13.3 Å². The highest BCUT2D eigenvalue weighted by atomic mass is 19.4. The number of hydrogen-bond acceptors (Lipinski definition) is 2. The fraction of sp³-hybridized carbons (Fsp3) is 1.00. The standard InChI is InChI=1S/C8H14F3NO/c1-3-7(2)5-12-4-6(13-7)8(9,10)11/h6,12H,3-5H2,1-2H3. The number of rotatable bonds is 1. The molecule has 2 atom stereocenters. The molecule has 0 aromatic rings. The molecule has 0 bridgehead atoms. The molecule has 5 heteroatoms. The van der Waals surface area contributed by atoms with Gasteiger partial charge in [0, 0.05) is 13.1 Å². The van der Waals surface area contributed by atoms with Crippen molar-refractivity contribution < 1.29 is 17.9 Å². The molecule has 1 aliphatic rings. The maximum Gasteiger partial charge on any atom is 0.415 e. The van der Waals surface area contributed by atoms with Crippen LogP contribution in [0.4, 0.5) is 13.2 Å². The van der Waals surface area contributed by atoms with Crippen molar-refractivity contribution in [2.24, 2.45) is 0 Å². The molecular weight excluding hydrogens is 183 g/mol.